The summed E-state index contributed by atoms with van der Waals surface area (Å²) in [5, 5.41) is 1.09. The molecule has 0 radical (unpaired) electrons. The maximum absolute atomic E-state index is 13.0. The third kappa shape index (κ3) is 2.73. The quantitative estimate of drug-likeness (QED) is 0.788. The van der Waals surface area contributed by atoms with Crippen LogP contribution in [0.1, 0.15) is 28.0 Å². The van der Waals surface area contributed by atoms with Crippen LogP contribution in [-0.4, -0.2) is 27.9 Å². The molecule has 0 spiro atoms. The van der Waals surface area contributed by atoms with Gasteiger partial charge in [0.15, 0.2) is 0 Å². The van der Waals surface area contributed by atoms with Gasteiger partial charge in [0.2, 0.25) is 11.8 Å². The third-order valence-electron chi connectivity index (χ3n) is 4.94. The fourth-order valence-corrected chi connectivity index (χ4v) is 3.65. The van der Waals surface area contributed by atoms with Gasteiger partial charge >= 0.3 is 0 Å². The van der Waals surface area contributed by atoms with Gasteiger partial charge in [0.05, 0.1) is 23.4 Å². The highest BCUT2D eigenvalue weighted by atomic mass is 16.2. The molecule has 2 N–H and O–H groups in total. The molecule has 132 valence electrons. The van der Waals surface area contributed by atoms with Gasteiger partial charge in [-0.3, -0.25) is 14.6 Å². The number of hydrogen-bond acceptors (Lipinski definition) is 3. The second-order valence-electron chi connectivity index (χ2n) is 6.66. The third-order valence-corrected chi connectivity index (χ3v) is 4.94. The van der Waals surface area contributed by atoms with E-state index in [4.69, 9.17) is 5.73 Å². The zero-order valence-electron chi connectivity index (χ0n) is 14.6. The fraction of sp³-hybridized carbons (Fsp3) is 0.250. The number of carbonyl (C=O) groups excluding carboxylic acids is 2. The predicted octanol–water partition coefficient (Wildman–Crippen LogP) is 2.19. The van der Waals surface area contributed by atoms with Gasteiger partial charge in [-0.25, -0.2) is 0 Å². The molecule has 0 unspecified atom stereocenters. The van der Waals surface area contributed by atoms with E-state index in [1.54, 1.807) is 11.0 Å². The summed E-state index contributed by atoms with van der Waals surface area (Å²) in [6.45, 7) is 0.625. The standard InChI is InChI=1S/C20H20N4O2/c1-23-12-14(15-5-2-3-7-17(15)23)10-19(25)24-8-4-6-16-18(24)9-13(11-22-16)20(21)26/h2-3,5,7,9,11-12H,4,6,8,10H2,1H3,(H2,21,26). The van der Waals surface area contributed by atoms with Crippen LogP contribution in [0.25, 0.3) is 10.9 Å². The molecule has 2 aromatic heterocycles. The lowest BCUT2D eigenvalue weighted by Crippen LogP contribution is -2.37. The summed E-state index contributed by atoms with van der Waals surface area (Å²) >= 11 is 0. The average molecular weight is 348 g/mol. The Morgan fingerprint density at radius 3 is 2.88 bits per heavy atom. The molecular weight excluding hydrogens is 328 g/mol. The van der Waals surface area contributed by atoms with Crippen LogP contribution in [0.2, 0.25) is 0 Å². The number of amides is 2. The highest BCUT2D eigenvalue weighted by Gasteiger charge is 2.25. The lowest BCUT2D eigenvalue weighted by Gasteiger charge is -2.29. The van der Waals surface area contributed by atoms with Crippen molar-refractivity contribution >= 4 is 28.4 Å². The van der Waals surface area contributed by atoms with Crippen LogP contribution in [-0.2, 0) is 24.7 Å². The number of carbonyl (C=O) groups is 2. The molecule has 0 aliphatic carbocycles. The van der Waals surface area contributed by atoms with Crippen LogP contribution in [0.15, 0.2) is 42.7 Å². The molecule has 0 saturated carbocycles. The normalized spacial score (nSPS) is 13.7. The second kappa shape index (κ2) is 6.29. The van der Waals surface area contributed by atoms with Crippen LogP contribution < -0.4 is 10.6 Å². The van der Waals surface area contributed by atoms with E-state index in [0.717, 1.165) is 35.0 Å². The summed E-state index contributed by atoms with van der Waals surface area (Å²) in [4.78, 5) is 30.6. The molecule has 4 rings (SSSR count). The van der Waals surface area contributed by atoms with Gasteiger partial charge in [0, 0.05) is 36.9 Å². The Labute approximate surface area is 151 Å². The lowest BCUT2D eigenvalue weighted by molar-refractivity contribution is -0.118. The number of pyridine rings is 1. The zero-order chi connectivity index (χ0) is 18.3. The summed E-state index contributed by atoms with van der Waals surface area (Å²) in [6, 6.07) is 9.74. The number of nitrogens with two attached hydrogens (primary N) is 1. The van der Waals surface area contributed by atoms with Gasteiger partial charge in [-0.2, -0.15) is 0 Å². The van der Waals surface area contributed by atoms with Crippen molar-refractivity contribution < 1.29 is 9.59 Å². The minimum Gasteiger partial charge on any atom is -0.366 e. The van der Waals surface area contributed by atoms with Crippen molar-refractivity contribution in [1.82, 2.24) is 9.55 Å². The van der Waals surface area contributed by atoms with Crippen molar-refractivity contribution in [2.45, 2.75) is 19.3 Å². The lowest BCUT2D eigenvalue weighted by atomic mass is 10.0. The Hall–Kier alpha value is -3.15. The highest BCUT2D eigenvalue weighted by Crippen LogP contribution is 2.28. The first kappa shape index (κ1) is 16.3. The Kier molecular flexibility index (Phi) is 3.95. The fourth-order valence-electron chi connectivity index (χ4n) is 3.65. The predicted molar refractivity (Wildman–Crippen MR) is 100 cm³/mol. The molecule has 3 heterocycles. The molecule has 6 nitrogen and oxygen atoms in total. The molecule has 6 heteroatoms. The number of primary amides is 1. The summed E-state index contributed by atoms with van der Waals surface area (Å²) in [6.07, 6.45) is 5.45. The van der Waals surface area contributed by atoms with E-state index in [0.29, 0.717) is 24.2 Å². The van der Waals surface area contributed by atoms with E-state index in [2.05, 4.69) is 4.98 Å². The van der Waals surface area contributed by atoms with E-state index in [-0.39, 0.29) is 5.91 Å². The minimum absolute atomic E-state index is 0.00530. The number of aromatic nitrogens is 2. The SMILES string of the molecule is Cn1cc(CC(=O)N2CCCc3ncc(C(N)=O)cc32)c2ccccc21. The molecule has 0 saturated heterocycles. The smallest absolute Gasteiger partial charge is 0.250 e. The van der Waals surface area contributed by atoms with Crippen molar-refractivity contribution in [3.05, 3.63) is 59.5 Å². The number of para-hydroxylation sites is 1. The first-order chi connectivity index (χ1) is 12.5. The van der Waals surface area contributed by atoms with Gasteiger partial charge in [0.25, 0.3) is 0 Å². The largest absolute Gasteiger partial charge is 0.366 e. The van der Waals surface area contributed by atoms with Crippen molar-refractivity contribution in [3.8, 4) is 0 Å². The van der Waals surface area contributed by atoms with Crippen LogP contribution in [0.4, 0.5) is 5.69 Å². The first-order valence-corrected chi connectivity index (χ1v) is 8.66. The Balaban J connectivity index is 1.67. The summed E-state index contributed by atoms with van der Waals surface area (Å²) in [7, 11) is 1.98. The summed E-state index contributed by atoms with van der Waals surface area (Å²) in [5.74, 6) is -0.530. The molecule has 0 fully saturated rings. The van der Waals surface area contributed by atoms with Crippen LogP contribution in [0.5, 0.6) is 0 Å². The Bertz CT molecular complexity index is 1020. The van der Waals surface area contributed by atoms with Gasteiger partial charge < -0.3 is 15.2 Å². The van der Waals surface area contributed by atoms with Gasteiger partial charge in [0.1, 0.15) is 0 Å². The number of aryl methyl sites for hydroxylation is 2. The van der Waals surface area contributed by atoms with Gasteiger partial charge in [-0.05, 0) is 30.5 Å². The maximum atomic E-state index is 13.0. The number of rotatable bonds is 3. The first-order valence-electron chi connectivity index (χ1n) is 8.66. The van der Waals surface area contributed by atoms with Crippen LogP contribution in [0.3, 0.4) is 0 Å². The van der Waals surface area contributed by atoms with Crippen molar-refractivity contribution in [1.29, 1.82) is 0 Å². The number of hydrogen-bond donors (Lipinski definition) is 1. The number of anilines is 1. The van der Waals surface area contributed by atoms with Gasteiger partial charge in [-0.1, -0.05) is 18.2 Å². The average Bonchev–Trinajstić information content (AvgIpc) is 2.96. The topological polar surface area (TPSA) is 81.2 Å². The van der Waals surface area contributed by atoms with Crippen molar-refractivity contribution in [2.24, 2.45) is 12.8 Å². The molecular formula is C20H20N4O2. The van der Waals surface area contributed by atoms with Crippen molar-refractivity contribution in [3.63, 3.8) is 0 Å². The maximum Gasteiger partial charge on any atom is 0.250 e. The number of benzene rings is 1. The van der Waals surface area contributed by atoms with E-state index in [9.17, 15) is 9.59 Å². The number of fused-ring (bicyclic) bond motifs is 2. The summed E-state index contributed by atoms with van der Waals surface area (Å²) < 4.78 is 2.04. The molecule has 0 bridgehead atoms. The van der Waals surface area contributed by atoms with E-state index in [1.165, 1.54) is 6.20 Å². The van der Waals surface area contributed by atoms with E-state index >= 15 is 0 Å². The van der Waals surface area contributed by atoms with Crippen molar-refractivity contribution in [2.75, 3.05) is 11.4 Å². The second-order valence-corrected chi connectivity index (χ2v) is 6.66. The molecule has 1 aliphatic heterocycles. The zero-order valence-corrected chi connectivity index (χ0v) is 14.6. The monoisotopic (exact) mass is 348 g/mol. The van der Waals surface area contributed by atoms with Crippen LogP contribution in [0, 0.1) is 0 Å². The van der Waals surface area contributed by atoms with Crippen LogP contribution >= 0.6 is 0 Å². The molecule has 3 aromatic rings. The minimum atomic E-state index is -0.535. The Morgan fingerprint density at radius 1 is 1.27 bits per heavy atom. The Morgan fingerprint density at radius 2 is 2.08 bits per heavy atom. The molecule has 2 amide bonds. The van der Waals surface area contributed by atoms with E-state index < -0.39 is 5.91 Å². The molecule has 0 atom stereocenters. The van der Waals surface area contributed by atoms with E-state index in [1.807, 2.05) is 42.1 Å². The number of nitrogens with zero attached hydrogens (tertiary/aromatic N) is 3. The molecule has 26 heavy (non-hydrogen) atoms. The van der Waals surface area contributed by atoms with Gasteiger partial charge in [-0.15, -0.1) is 0 Å². The molecule has 1 aliphatic rings. The molecule has 1 aromatic carbocycles. The summed E-state index contributed by atoms with van der Waals surface area (Å²) in [5.41, 5.74) is 9.35. The highest BCUT2D eigenvalue weighted by molar-refractivity contribution is 6.00.